The first-order valence-electron chi connectivity index (χ1n) is 6.64. The van der Waals surface area contributed by atoms with Gasteiger partial charge in [0.1, 0.15) is 0 Å². The Labute approximate surface area is 124 Å². The zero-order valence-corrected chi connectivity index (χ0v) is 12.2. The van der Waals surface area contributed by atoms with E-state index in [4.69, 9.17) is 11.6 Å². The van der Waals surface area contributed by atoms with E-state index in [1.54, 1.807) is 30.3 Å². The Kier molecular flexibility index (Phi) is 7.43. The number of hydrazine groups is 1. The Morgan fingerprint density at radius 2 is 1.85 bits per heavy atom. The van der Waals surface area contributed by atoms with E-state index in [0.29, 0.717) is 11.4 Å². The molecule has 1 aromatic rings. The van der Waals surface area contributed by atoms with Crippen LogP contribution in [0.25, 0.3) is 6.08 Å². The van der Waals surface area contributed by atoms with Crippen LogP contribution in [0.2, 0.25) is 5.02 Å². The summed E-state index contributed by atoms with van der Waals surface area (Å²) in [7, 11) is 0. The highest BCUT2D eigenvalue weighted by Gasteiger charge is 2.01. The molecular formula is C15H19ClN2O2. The molecule has 20 heavy (non-hydrogen) atoms. The molecular weight excluding hydrogens is 276 g/mol. The van der Waals surface area contributed by atoms with Crippen molar-refractivity contribution in [2.45, 2.75) is 32.6 Å². The third-order valence-electron chi connectivity index (χ3n) is 2.63. The third-order valence-corrected chi connectivity index (χ3v) is 2.88. The summed E-state index contributed by atoms with van der Waals surface area (Å²) in [6.45, 7) is 2.07. The maximum Gasteiger partial charge on any atom is 0.262 e. The molecule has 0 aromatic heterocycles. The van der Waals surface area contributed by atoms with Crippen LogP contribution in [0.3, 0.4) is 0 Å². The number of halogens is 1. The first kappa shape index (κ1) is 16.2. The van der Waals surface area contributed by atoms with E-state index in [-0.39, 0.29) is 11.8 Å². The third kappa shape index (κ3) is 6.95. The molecule has 0 aliphatic heterocycles. The first-order valence-corrected chi connectivity index (χ1v) is 7.02. The smallest absolute Gasteiger partial charge is 0.262 e. The van der Waals surface area contributed by atoms with Gasteiger partial charge in [0.2, 0.25) is 5.91 Å². The van der Waals surface area contributed by atoms with E-state index in [9.17, 15) is 9.59 Å². The minimum atomic E-state index is -0.371. The quantitative estimate of drug-likeness (QED) is 0.481. The van der Waals surface area contributed by atoms with Crippen molar-refractivity contribution in [1.82, 2.24) is 10.9 Å². The van der Waals surface area contributed by atoms with Gasteiger partial charge < -0.3 is 0 Å². The minimum absolute atomic E-state index is 0.174. The highest BCUT2D eigenvalue weighted by atomic mass is 35.5. The molecule has 0 fully saturated rings. The van der Waals surface area contributed by atoms with Crippen LogP contribution in [0.1, 0.15) is 38.2 Å². The number of rotatable bonds is 6. The van der Waals surface area contributed by atoms with Gasteiger partial charge in [-0.3, -0.25) is 20.4 Å². The summed E-state index contributed by atoms with van der Waals surface area (Å²) in [5.74, 6) is -0.546. The largest absolute Gasteiger partial charge is 0.273 e. The molecule has 0 saturated carbocycles. The minimum Gasteiger partial charge on any atom is -0.273 e. The van der Waals surface area contributed by atoms with Crippen molar-refractivity contribution in [2.75, 3.05) is 0 Å². The average molecular weight is 295 g/mol. The topological polar surface area (TPSA) is 58.2 Å². The summed E-state index contributed by atoms with van der Waals surface area (Å²) in [5.41, 5.74) is 5.58. The van der Waals surface area contributed by atoms with Gasteiger partial charge in [-0.25, -0.2) is 0 Å². The van der Waals surface area contributed by atoms with Crippen LogP contribution in [-0.2, 0) is 9.59 Å². The van der Waals surface area contributed by atoms with Crippen LogP contribution in [0, 0.1) is 0 Å². The monoisotopic (exact) mass is 294 g/mol. The molecule has 0 heterocycles. The Morgan fingerprint density at radius 1 is 1.15 bits per heavy atom. The fraction of sp³-hybridized carbons (Fsp3) is 0.333. The Balaban J connectivity index is 2.29. The van der Waals surface area contributed by atoms with Crippen LogP contribution in [0.4, 0.5) is 0 Å². The van der Waals surface area contributed by atoms with E-state index >= 15 is 0 Å². The molecule has 0 aliphatic rings. The SMILES string of the molecule is CCCCCC(=O)NNC(=O)/C=C/c1ccc(Cl)cc1. The zero-order valence-electron chi connectivity index (χ0n) is 11.5. The molecule has 0 aliphatic carbocycles. The Bertz CT molecular complexity index is 469. The van der Waals surface area contributed by atoms with Gasteiger partial charge in [-0.15, -0.1) is 0 Å². The molecule has 0 spiro atoms. The summed E-state index contributed by atoms with van der Waals surface area (Å²) in [6.07, 6.45) is 6.33. The van der Waals surface area contributed by atoms with Crippen LogP contribution in [-0.4, -0.2) is 11.8 Å². The molecule has 108 valence electrons. The number of carbonyl (C=O) groups excluding carboxylic acids is 2. The summed E-state index contributed by atoms with van der Waals surface area (Å²) < 4.78 is 0. The highest BCUT2D eigenvalue weighted by molar-refractivity contribution is 6.30. The molecule has 0 radical (unpaired) electrons. The van der Waals surface area contributed by atoms with Crippen LogP contribution in [0.15, 0.2) is 30.3 Å². The van der Waals surface area contributed by atoms with Crippen molar-refractivity contribution < 1.29 is 9.59 Å². The molecule has 2 N–H and O–H groups in total. The lowest BCUT2D eigenvalue weighted by molar-refractivity contribution is -0.126. The molecule has 4 nitrogen and oxygen atoms in total. The number of nitrogens with one attached hydrogen (secondary N) is 2. The molecule has 0 saturated heterocycles. The maximum absolute atomic E-state index is 11.5. The van der Waals surface area contributed by atoms with Crippen LogP contribution in [0.5, 0.6) is 0 Å². The molecule has 0 atom stereocenters. The van der Waals surface area contributed by atoms with Gasteiger partial charge in [-0.2, -0.15) is 0 Å². The predicted molar refractivity (Wildman–Crippen MR) is 80.9 cm³/mol. The summed E-state index contributed by atoms with van der Waals surface area (Å²) >= 11 is 5.76. The lowest BCUT2D eigenvalue weighted by Crippen LogP contribution is -2.40. The van der Waals surface area contributed by atoms with E-state index in [0.717, 1.165) is 24.8 Å². The highest BCUT2D eigenvalue weighted by Crippen LogP contribution is 2.10. The molecule has 5 heteroatoms. The second-order valence-electron chi connectivity index (χ2n) is 4.38. The standard InChI is InChI=1S/C15H19ClN2O2/c1-2-3-4-5-14(19)17-18-15(20)11-8-12-6-9-13(16)10-7-12/h6-11H,2-5H2,1H3,(H,17,19)(H,18,20)/b11-8+. The van der Waals surface area contributed by atoms with Crippen molar-refractivity contribution in [1.29, 1.82) is 0 Å². The molecule has 0 bridgehead atoms. The fourth-order valence-electron chi connectivity index (χ4n) is 1.52. The van der Waals surface area contributed by atoms with Gasteiger partial charge in [-0.1, -0.05) is 43.5 Å². The van der Waals surface area contributed by atoms with Crippen molar-refractivity contribution in [3.8, 4) is 0 Å². The first-order chi connectivity index (χ1) is 9.61. The van der Waals surface area contributed by atoms with Crippen molar-refractivity contribution in [3.63, 3.8) is 0 Å². The molecule has 2 amide bonds. The summed E-state index contributed by atoms with van der Waals surface area (Å²) in [4.78, 5) is 22.8. The van der Waals surface area contributed by atoms with Gasteiger partial charge in [0.25, 0.3) is 5.91 Å². The lowest BCUT2D eigenvalue weighted by Gasteiger charge is -2.04. The van der Waals surface area contributed by atoms with Crippen molar-refractivity contribution >= 4 is 29.5 Å². The number of hydrogen-bond donors (Lipinski definition) is 2. The number of carbonyl (C=O) groups is 2. The Hall–Kier alpha value is -1.81. The van der Waals surface area contributed by atoms with Gasteiger partial charge in [0, 0.05) is 17.5 Å². The Morgan fingerprint density at radius 3 is 2.50 bits per heavy atom. The van der Waals surface area contributed by atoms with Gasteiger partial charge in [0.15, 0.2) is 0 Å². The van der Waals surface area contributed by atoms with E-state index in [1.165, 1.54) is 6.08 Å². The molecule has 1 aromatic carbocycles. The number of benzene rings is 1. The zero-order chi connectivity index (χ0) is 14.8. The van der Waals surface area contributed by atoms with Crippen molar-refractivity contribution in [3.05, 3.63) is 40.9 Å². The van der Waals surface area contributed by atoms with E-state index < -0.39 is 0 Å². The number of amides is 2. The van der Waals surface area contributed by atoms with E-state index in [1.807, 2.05) is 0 Å². The molecule has 1 rings (SSSR count). The maximum atomic E-state index is 11.5. The van der Waals surface area contributed by atoms with Crippen LogP contribution >= 0.6 is 11.6 Å². The average Bonchev–Trinajstić information content (AvgIpc) is 2.45. The molecule has 0 unspecified atom stereocenters. The predicted octanol–water partition coefficient (Wildman–Crippen LogP) is 3.08. The number of hydrogen-bond acceptors (Lipinski definition) is 2. The van der Waals surface area contributed by atoms with Crippen LogP contribution < -0.4 is 10.9 Å². The summed E-state index contributed by atoms with van der Waals surface area (Å²) in [5, 5.41) is 0.644. The number of unbranched alkanes of at least 4 members (excludes halogenated alkanes) is 2. The van der Waals surface area contributed by atoms with Gasteiger partial charge in [0.05, 0.1) is 0 Å². The fourth-order valence-corrected chi connectivity index (χ4v) is 1.64. The normalized spacial score (nSPS) is 10.5. The second kappa shape index (κ2) is 9.15. The lowest BCUT2D eigenvalue weighted by atomic mass is 10.2. The van der Waals surface area contributed by atoms with Gasteiger partial charge in [-0.05, 0) is 30.2 Å². The van der Waals surface area contributed by atoms with E-state index in [2.05, 4.69) is 17.8 Å². The van der Waals surface area contributed by atoms with Crippen molar-refractivity contribution in [2.24, 2.45) is 0 Å². The second-order valence-corrected chi connectivity index (χ2v) is 4.82. The summed E-state index contributed by atoms with van der Waals surface area (Å²) in [6, 6.07) is 7.09. The van der Waals surface area contributed by atoms with Gasteiger partial charge >= 0.3 is 0 Å².